The molecule has 0 N–H and O–H groups in total. The van der Waals surface area contributed by atoms with Gasteiger partial charge in [-0.15, -0.1) is 11.3 Å². The third kappa shape index (κ3) is 6.60. The molecular formula is C22H19N3O8S4. The van der Waals surface area contributed by atoms with E-state index in [-0.39, 0.29) is 30.2 Å². The number of aromatic nitrogens is 1. The molecule has 1 saturated heterocycles. The molecule has 37 heavy (non-hydrogen) atoms. The summed E-state index contributed by atoms with van der Waals surface area (Å²) in [6, 6.07) is 13.0. The number of para-hydroxylation sites is 1. The van der Waals surface area contributed by atoms with Crippen molar-refractivity contribution in [1.29, 1.82) is 0 Å². The Morgan fingerprint density at radius 1 is 1.24 bits per heavy atom. The summed E-state index contributed by atoms with van der Waals surface area (Å²) >= 11 is 1.49. The van der Waals surface area contributed by atoms with Crippen LogP contribution in [0.3, 0.4) is 0 Å². The first-order valence-corrected chi connectivity index (χ1v) is 15.4. The van der Waals surface area contributed by atoms with Crippen LogP contribution in [0, 0.1) is 10.1 Å². The second-order valence-electron chi connectivity index (χ2n) is 7.74. The predicted octanol–water partition coefficient (Wildman–Crippen LogP) is 4.45. The summed E-state index contributed by atoms with van der Waals surface area (Å²) in [7, 11) is -1.35. The Labute approximate surface area is 223 Å². The molecule has 0 aliphatic carbocycles. The number of nitrogens with zero attached hydrogens (tertiary/aromatic N) is 3. The highest BCUT2D eigenvalue weighted by atomic mass is 33.1. The molecule has 1 fully saturated rings. The Morgan fingerprint density at radius 2 is 1.95 bits per heavy atom. The van der Waals surface area contributed by atoms with Gasteiger partial charge in [0.1, 0.15) is 17.7 Å². The number of nitro benzene ring substituents is 1. The van der Waals surface area contributed by atoms with Crippen LogP contribution < -0.4 is 0 Å². The van der Waals surface area contributed by atoms with Crippen molar-refractivity contribution in [2.45, 2.75) is 29.7 Å². The van der Waals surface area contributed by atoms with E-state index in [1.807, 2.05) is 24.3 Å². The van der Waals surface area contributed by atoms with E-state index in [0.717, 1.165) is 25.7 Å². The van der Waals surface area contributed by atoms with Gasteiger partial charge in [-0.3, -0.25) is 19.8 Å². The highest BCUT2D eigenvalue weighted by Crippen LogP contribution is 2.45. The number of thiazole rings is 1. The van der Waals surface area contributed by atoms with Gasteiger partial charge in [0.05, 0.1) is 27.8 Å². The number of rotatable bonds is 10. The van der Waals surface area contributed by atoms with Crippen LogP contribution in [0.25, 0.3) is 10.2 Å². The number of β-lactam (4-membered cyclic amide) rings is 1. The van der Waals surface area contributed by atoms with Crippen LogP contribution in [-0.2, 0) is 35.2 Å². The van der Waals surface area contributed by atoms with Crippen molar-refractivity contribution >= 4 is 70.8 Å². The number of amides is 1. The Morgan fingerprint density at radius 3 is 2.57 bits per heavy atom. The average Bonchev–Trinajstić information content (AvgIpc) is 3.25. The molecule has 1 aromatic heterocycles. The normalized spacial score (nSPS) is 16.2. The Kier molecular flexibility index (Phi) is 8.06. The molecule has 2 heterocycles. The number of likely N-dealkylation sites (tertiary alicyclic amines) is 1. The first-order chi connectivity index (χ1) is 17.5. The molecule has 0 radical (unpaired) electrons. The number of hydrogen-bond donors (Lipinski definition) is 0. The highest BCUT2D eigenvalue weighted by molar-refractivity contribution is 8.77. The number of nitro groups is 1. The van der Waals surface area contributed by atoms with E-state index < -0.39 is 32.3 Å². The minimum Gasteiger partial charge on any atom is -0.456 e. The van der Waals surface area contributed by atoms with Gasteiger partial charge in [0, 0.05) is 12.1 Å². The zero-order valence-electron chi connectivity index (χ0n) is 19.4. The van der Waals surface area contributed by atoms with Gasteiger partial charge >= 0.3 is 16.1 Å². The summed E-state index contributed by atoms with van der Waals surface area (Å²) in [6.07, 6.45) is 0.942. The Bertz CT molecular complexity index is 1470. The number of allylic oxidation sites excluding steroid dienone is 1. The smallest absolute Gasteiger partial charge is 0.359 e. The van der Waals surface area contributed by atoms with E-state index in [9.17, 15) is 28.1 Å². The minimum absolute atomic E-state index is 0.119. The molecule has 1 atom stereocenters. The van der Waals surface area contributed by atoms with Crippen LogP contribution in [0.15, 0.2) is 64.3 Å². The molecule has 0 bridgehead atoms. The van der Waals surface area contributed by atoms with Crippen LogP contribution in [0.1, 0.15) is 18.9 Å². The second kappa shape index (κ2) is 11.1. The molecule has 15 heteroatoms. The highest BCUT2D eigenvalue weighted by Gasteiger charge is 2.44. The lowest BCUT2D eigenvalue weighted by molar-refractivity contribution is -0.384. The molecule has 0 saturated carbocycles. The molecule has 3 aromatic rings. The van der Waals surface area contributed by atoms with Crippen molar-refractivity contribution in [1.82, 2.24) is 9.88 Å². The molecule has 0 unspecified atom stereocenters. The van der Waals surface area contributed by atoms with E-state index in [4.69, 9.17) is 8.92 Å². The van der Waals surface area contributed by atoms with Crippen LogP contribution >= 0.6 is 32.9 Å². The van der Waals surface area contributed by atoms with Gasteiger partial charge in [-0.1, -0.05) is 22.9 Å². The molecule has 0 spiro atoms. The Balaban J connectivity index is 1.51. The van der Waals surface area contributed by atoms with Crippen molar-refractivity contribution in [3.05, 3.63) is 75.7 Å². The van der Waals surface area contributed by atoms with Crippen LogP contribution in [0.5, 0.6) is 0 Å². The fourth-order valence-electron chi connectivity index (χ4n) is 3.33. The summed E-state index contributed by atoms with van der Waals surface area (Å²) < 4.78 is 35.5. The van der Waals surface area contributed by atoms with Gasteiger partial charge in [-0.05, 0) is 47.5 Å². The number of non-ortho nitro benzene ring substituents is 1. The third-order valence-corrected chi connectivity index (χ3v) is 9.53. The van der Waals surface area contributed by atoms with Crippen LogP contribution in [0.2, 0.25) is 0 Å². The largest absolute Gasteiger partial charge is 0.456 e. The van der Waals surface area contributed by atoms with E-state index >= 15 is 0 Å². The maximum Gasteiger partial charge on any atom is 0.359 e. The quantitative estimate of drug-likeness (QED) is 0.0489. The molecule has 1 aliphatic rings. The molecule has 194 valence electrons. The van der Waals surface area contributed by atoms with E-state index in [0.29, 0.717) is 5.56 Å². The predicted molar refractivity (Wildman–Crippen MR) is 140 cm³/mol. The van der Waals surface area contributed by atoms with Gasteiger partial charge in [0.15, 0.2) is 10.0 Å². The van der Waals surface area contributed by atoms with Crippen molar-refractivity contribution in [3.8, 4) is 0 Å². The molecule has 4 rings (SSSR count). The van der Waals surface area contributed by atoms with Gasteiger partial charge in [-0.2, -0.15) is 8.42 Å². The lowest BCUT2D eigenvalue weighted by Crippen LogP contribution is -2.51. The second-order valence-corrected chi connectivity index (χ2v) is 13.0. The first-order valence-electron chi connectivity index (χ1n) is 10.5. The molecule has 1 amide bonds. The number of hydrogen-bond acceptors (Lipinski definition) is 12. The fourth-order valence-corrected chi connectivity index (χ4v) is 7.62. The summed E-state index contributed by atoms with van der Waals surface area (Å²) in [5.74, 6) is -1.68. The van der Waals surface area contributed by atoms with Gasteiger partial charge in [0.2, 0.25) is 5.91 Å². The van der Waals surface area contributed by atoms with E-state index in [2.05, 4.69) is 4.98 Å². The van der Waals surface area contributed by atoms with E-state index in [1.54, 1.807) is 0 Å². The topological polar surface area (TPSA) is 146 Å². The van der Waals surface area contributed by atoms with E-state index in [1.165, 1.54) is 64.1 Å². The number of benzene rings is 2. The maximum absolute atomic E-state index is 13.1. The summed E-state index contributed by atoms with van der Waals surface area (Å²) in [4.78, 5) is 41.6. The molecule has 11 nitrogen and oxygen atoms in total. The first kappa shape index (κ1) is 26.9. The SMILES string of the molecule is CC(OS(C)(=O)=O)=C(C(=O)OCc1ccc([N+](=O)[O-])cc1)N1C(=O)C[C@H]1SSc1nc2ccccc2s1. The number of esters is 1. The third-order valence-electron chi connectivity index (χ3n) is 4.97. The summed E-state index contributed by atoms with van der Waals surface area (Å²) in [5.41, 5.74) is 0.868. The Hall–Kier alpha value is -3.14. The van der Waals surface area contributed by atoms with Crippen molar-refractivity contribution in [2.75, 3.05) is 6.26 Å². The lowest BCUT2D eigenvalue weighted by atomic mass is 10.1. The zero-order chi connectivity index (χ0) is 26.7. The summed E-state index contributed by atoms with van der Waals surface area (Å²) in [5, 5.41) is 10.3. The molecular weight excluding hydrogens is 563 g/mol. The van der Waals surface area contributed by atoms with Crippen molar-refractivity contribution in [3.63, 3.8) is 0 Å². The maximum atomic E-state index is 13.1. The number of ether oxygens (including phenoxy) is 1. The standard InChI is InChI=1S/C22H19N3O8S4/c1-13(33-37(2,30)31)20(21(27)32-12-14-7-9-15(10-8-14)25(28)29)24-18(26)11-19(24)35-36-22-23-16-5-3-4-6-17(16)34-22/h3-10,19H,11-12H2,1-2H3/t19-/m1/s1. The molecule has 1 aliphatic heterocycles. The summed E-state index contributed by atoms with van der Waals surface area (Å²) in [6.45, 7) is 1.00. The van der Waals surface area contributed by atoms with Crippen molar-refractivity contribution < 1.29 is 31.9 Å². The molecule has 2 aromatic carbocycles. The van der Waals surface area contributed by atoms with Crippen LogP contribution in [-0.4, -0.2) is 46.7 Å². The van der Waals surface area contributed by atoms with Gasteiger partial charge < -0.3 is 8.92 Å². The van der Waals surface area contributed by atoms with Crippen molar-refractivity contribution in [2.24, 2.45) is 0 Å². The number of carbonyl (C=O) groups is 2. The number of fused-ring (bicyclic) bond motifs is 1. The monoisotopic (exact) mass is 581 g/mol. The lowest BCUT2D eigenvalue weighted by Gasteiger charge is -2.39. The minimum atomic E-state index is -3.99. The van der Waals surface area contributed by atoms with Gasteiger partial charge in [-0.25, -0.2) is 9.78 Å². The van der Waals surface area contributed by atoms with Gasteiger partial charge in [0.25, 0.3) is 5.69 Å². The van der Waals surface area contributed by atoms with Crippen LogP contribution in [0.4, 0.5) is 5.69 Å². The average molecular weight is 582 g/mol. The zero-order valence-corrected chi connectivity index (χ0v) is 22.6. The number of carbonyl (C=O) groups excluding carboxylic acids is 2. The fraction of sp³-hybridized carbons (Fsp3) is 0.227.